The van der Waals surface area contributed by atoms with Gasteiger partial charge in [-0.05, 0) is 18.8 Å². The second kappa shape index (κ2) is 6.15. The minimum absolute atomic E-state index is 0.203. The van der Waals surface area contributed by atoms with Crippen LogP contribution in [0.5, 0.6) is 0 Å². The van der Waals surface area contributed by atoms with Crippen molar-refractivity contribution < 1.29 is 4.79 Å². The van der Waals surface area contributed by atoms with Gasteiger partial charge in [0.2, 0.25) is 5.91 Å². The van der Waals surface area contributed by atoms with Crippen LogP contribution in [0.1, 0.15) is 18.7 Å². The first-order valence-electron chi connectivity index (χ1n) is 7.76. The Kier molecular flexibility index (Phi) is 4.26. The number of likely N-dealkylation sites (N-methyl/N-ethyl adjacent to an activating group) is 1. The van der Waals surface area contributed by atoms with Gasteiger partial charge >= 0.3 is 0 Å². The van der Waals surface area contributed by atoms with E-state index in [-0.39, 0.29) is 5.91 Å². The summed E-state index contributed by atoms with van der Waals surface area (Å²) in [5.41, 5.74) is 0. The Morgan fingerprint density at radius 2 is 2.24 bits per heavy atom. The number of nitrogens with one attached hydrogen (secondary N) is 1. The molecule has 0 aliphatic carbocycles. The summed E-state index contributed by atoms with van der Waals surface area (Å²) in [6, 6.07) is 0.545. The monoisotopic (exact) mass is 291 g/mol. The maximum absolute atomic E-state index is 12.0. The molecule has 4 heterocycles. The lowest BCUT2D eigenvalue weighted by Gasteiger charge is -2.35. The zero-order chi connectivity index (χ0) is 14.8. The third kappa shape index (κ3) is 3.44. The van der Waals surface area contributed by atoms with Crippen molar-refractivity contribution in [1.82, 2.24) is 24.7 Å². The van der Waals surface area contributed by atoms with Crippen molar-refractivity contribution in [2.75, 3.05) is 40.3 Å². The van der Waals surface area contributed by atoms with E-state index in [1.54, 1.807) is 4.90 Å². The minimum atomic E-state index is 0.203. The molecule has 3 fully saturated rings. The Labute approximate surface area is 126 Å². The summed E-state index contributed by atoms with van der Waals surface area (Å²) >= 11 is 0. The van der Waals surface area contributed by atoms with E-state index >= 15 is 0 Å². The summed E-state index contributed by atoms with van der Waals surface area (Å²) in [6.45, 7) is 4.61. The number of hydrogen-bond acceptors (Lipinski definition) is 4. The van der Waals surface area contributed by atoms with Crippen molar-refractivity contribution in [2.24, 2.45) is 5.92 Å². The Hall–Kier alpha value is -1.40. The summed E-state index contributed by atoms with van der Waals surface area (Å²) in [6.07, 6.45) is 6.21. The van der Waals surface area contributed by atoms with Crippen LogP contribution in [0.4, 0.5) is 0 Å². The molecule has 0 aromatic carbocycles. The van der Waals surface area contributed by atoms with Gasteiger partial charge in [-0.15, -0.1) is 0 Å². The molecule has 116 valence electrons. The lowest BCUT2D eigenvalue weighted by Crippen LogP contribution is -2.44. The summed E-state index contributed by atoms with van der Waals surface area (Å²) in [4.78, 5) is 26.1. The van der Waals surface area contributed by atoms with Gasteiger partial charge in [-0.2, -0.15) is 0 Å². The number of piperidine rings is 1. The highest BCUT2D eigenvalue weighted by Crippen LogP contribution is 2.28. The molecule has 21 heavy (non-hydrogen) atoms. The molecule has 1 amide bonds. The molecule has 0 radical (unpaired) electrons. The molecule has 0 spiro atoms. The number of carbonyl (C=O) groups excluding carboxylic acids is 1. The lowest BCUT2D eigenvalue weighted by molar-refractivity contribution is -0.130. The second-order valence-electron chi connectivity index (χ2n) is 6.54. The van der Waals surface area contributed by atoms with Crippen molar-refractivity contribution in [3.63, 3.8) is 0 Å². The summed E-state index contributed by atoms with van der Waals surface area (Å²) in [5.74, 6) is 1.92. The van der Waals surface area contributed by atoms with E-state index in [1.165, 1.54) is 12.8 Å². The van der Waals surface area contributed by atoms with Crippen LogP contribution in [-0.2, 0) is 11.3 Å². The van der Waals surface area contributed by atoms with Gasteiger partial charge in [-0.1, -0.05) is 0 Å². The van der Waals surface area contributed by atoms with E-state index in [9.17, 15) is 4.79 Å². The van der Waals surface area contributed by atoms with E-state index < -0.39 is 0 Å². The van der Waals surface area contributed by atoms with E-state index in [0.29, 0.717) is 18.5 Å². The zero-order valence-corrected chi connectivity index (χ0v) is 13.0. The number of nitrogens with zero attached hydrogens (tertiary/aromatic N) is 4. The third-order valence-electron chi connectivity index (χ3n) is 4.67. The maximum Gasteiger partial charge on any atom is 0.236 e. The van der Waals surface area contributed by atoms with Gasteiger partial charge in [0.1, 0.15) is 5.82 Å². The second-order valence-corrected chi connectivity index (χ2v) is 6.54. The first kappa shape index (κ1) is 14.5. The van der Waals surface area contributed by atoms with E-state index in [4.69, 9.17) is 0 Å². The topological polar surface area (TPSA) is 55.5 Å². The fraction of sp³-hybridized carbons (Fsp3) is 0.733. The van der Waals surface area contributed by atoms with Gasteiger partial charge in [0, 0.05) is 52.2 Å². The Bertz CT molecular complexity index is 472. The van der Waals surface area contributed by atoms with Gasteiger partial charge in [-0.3, -0.25) is 14.6 Å². The number of H-pyrrole nitrogens is 1. The van der Waals surface area contributed by atoms with E-state index in [1.807, 2.05) is 26.5 Å². The number of aromatic nitrogens is 2. The van der Waals surface area contributed by atoms with Crippen LogP contribution in [0.15, 0.2) is 12.4 Å². The van der Waals surface area contributed by atoms with Gasteiger partial charge < -0.3 is 9.88 Å². The van der Waals surface area contributed by atoms with E-state index in [0.717, 1.165) is 32.0 Å². The lowest BCUT2D eigenvalue weighted by atomic mass is 9.95. The number of aromatic amines is 1. The van der Waals surface area contributed by atoms with Crippen LogP contribution >= 0.6 is 0 Å². The molecule has 1 aromatic rings. The SMILES string of the molecule is CN(C)C(=O)CN1C[C@@H]2CC[C@H](C1)N(Cc1ncc[nH]1)C2. The predicted octanol–water partition coefficient (Wildman–Crippen LogP) is 0.394. The highest BCUT2D eigenvalue weighted by Gasteiger charge is 2.35. The number of imidazole rings is 1. The molecule has 0 unspecified atom stereocenters. The Morgan fingerprint density at radius 1 is 1.38 bits per heavy atom. The number of amides is 1. The Morgan fingerprint density at radius 3 is 2.95 bits per heavy atom. The molecular formula is C15H25N5O. The minimum Gasteiger partial charge on any atom is -0.348 e. The van der Waals surface area contributed by atoms with Crippen molar-refractivity contribution in [2.45, 2.75) is 25.4 Å². The summed E-state index contributed by atoms with van der Waals surface area (Å²) < 4.78 is 0. The number of hydrogen-bond donors (Lipinski definition) is 1. The van der Waals surface area contributed by atoms with Crippen LogP contribution in [0.3, 0.4) is 0 Å². The highest BCUT2D eigenvalue weighted by atomic mass is 16.2. The first-order valence-corrected chi connectivity index (χ1v) is 7.76. The number of carbonyl (C=O) groups is 1. The largest absolute Gasteiger partial charge is 0.348 e. The fourth-order valence-electron chi connectivity index (χ4n) is 3.51. The van der Waals surface area contributed by atoms with Gasteiger partial charge in [0.15, 0.2) is 0 Å². The quantitative estimate of drug-likeness (QED) is 0.872. The normalized spacial score (nSPS) is 26.8. The number of fused-ring (bicyclic) bond motifs is 4. The van der Waals surface area contributed by atoms with Crippen LogP contribution in [0.2, 0.25) is 0 Å². The Balaban J connectivity index is 1.63. The maximum atomic E-state index is 12.0. The summed E-state index contributed by atoms with van der Waals surface area (Å²) in [5, 5.41) is 0. The molecule has 6 heteroatoms. The van der Waals surface area contributed by atoms with Crippen LogP contribution in [0, 0.1) is 5.92 Å². The van der Waals surface area contributed by atoms with E-state index in [2.05, 4.69) is 19.8 Å². The number of rotatable bonds is 4. The predicted molar refractivity (Wildman–Crippen MR) is 80.6 cm³/mol. The van der Waals surface area contributed by atoms with Crippen LogP contribution in [-0.4, -0.2) is 76.9 Å². The average Bonchev–Trinajstić information content (AvgIpc) is 2.80. The molecule has 2 atom stereocenters. The van der Waals surface area contributed by atoms with Gasteiger partial charge in [-0.25, -0.2) is 4.98 Å². The van der Waals surface area contributed by atoms with Crippen molar-refractivity contribution in [3.8, 4) is 0 Å². The molecule has 1 aromatic heterocycles. The first-order chi connectivity index (χ1) is 10.1. The molecule has 0 saturated carbocycles. The van der Waals surface area contributed by atoms with Crippen molar-refractivity contribution in [1.29, 1.82) is 0 Å². The summed E-state index contributed by atoms with van der Waals surface area (Å²) in [7, 11) is 3.66. The fourth-order valence-corrected chi connectivity index (χ4v) is 3.51. The van der Waals surface area contributed by atoms with Crippen LogP contribution in [0.25, 0.3) is 0 Å². The van der Waals surface area contributed by atoms with Gasteiger partial charge in [0.25, 0.3) is 0 Å². The standard InChI is InChI=1S/C15H25N5O/c1-18(2)15(21)11-19-7-12-3-4-13(9-19)20(8-12)10-14-16-5-6-17-14/h5-6,12-13H,3-4,7-11H2,1-2H3,(H,16,17)/t12-,13+/m0/s1. The third-order valence-corrected chi connectivity index (χ3v) is 4.67. The molecule has 6 nitrogen and oxygen atoms in total. The molecular weight excluding hydrogens is 266 g/mol. The molecule has 4 rings (SSSR count). The molecule has 2 bridgehead atoms. The molecule has 1 N–H and O–H groups in total. The average molecular weight is 291 g/mol. The zero-order valence-electron chi connectivity index (χ0n) is 13.0. The molecule has 3 aliphatic rings. The van der Waals surface area contributed by atoms with Crippen molar-refractivity contribution >= 4 is 5.91 Å². The smallest absolute Gasteiger partial charge is 0.236 e. The van der Waals surface area contributed by atoms with Gasteiger partial charge in [0.05, 0.1) is 13.1 Å². The molecule has 3 saturated heterocycles. The highest BCUT2D eigenvalue weighted by molar-refractivity contribution is 5.77. The molecule has 3 aliphatic heterocycles. The van der Waals surface area contributed by atoms with Crippen LogP contribution < -0.4 is 0 Å². The van der Waals surface area contributed by atoms with Crippen molar-refractivity contribution in [3.05, 3.63) is 18.2 Å².